The van der Waals surface area contributed by atoms with Gasteiger partial charge in [-0.15, -0.1) is 0 Å². The molecule has 2 aliphatic carbocycles. The molecule has 2 N–H and O–H groups in total. The Bertz CT molecular complexity index is 273. The van der Waals surface area contributed by atoms with Crippen LogP contribution in [0, 0.1) is 11.8 Å². The molecule has 1 nitrogen and oxygen atoms in total. The predicted octanol–water partition coefficient (Wildman–Crippen LogP) is 2.80. The van der Waals surface area contributed by atoms with Gasteiger partial charge in [0.05, 0.1) is 0 Å². The molecule has 14 heavy (non-hydrogen) atoms. The minimum Gasteiger partial charge on any atom is -0.330 e. The van der Waals surface area contributed by atoms with E-state index in [1.807, 2.05) is 0 Å². The van der Waals surface area contributed by atoms with E-state index in [1.54, 1.807) is 5.57 Å². The molecule has 0 saturated carbocycles. The fourth-order valence-electron chi connectivity index (χ4n) is 2.32. The molecule has 0 radical (unpaired) electrons. The standard InChI is InChI=1S/C13H19N/c14-10-11-6-8-13(9-7-11)12-4-2-1-3-5-12/h1-4,8,11-12H,5-7,9-10,14H2. The highest BCUT2D eigenvalue weighted by molar-refractivity contribution is 5.23. The van der Waals surface area contributed by atoms with Crippen molar-refractivity contribution in [3.8, 4) is 0 Å². The third-order valence-electron chi connectivity index (χ3n) is 3.34. The van der Waals surface area contributed by atoms with Gasteiger partial charge < -0.3 is 5.73 Å². The lowest BCUT2D eigenvalue weighted by Gasteiger charge is -2.25. The van der Waals surface area contributed by atoms with Gasteiger partial charge in [-0.05, 0) is 38.1 Å². The van der Waals surface area contributed by atoms with Crippen LogP contribution in [0.2, 0.25) is 0 Å². The van der Waals surface area contributed by atoms with E-state index in [0.717, 1.165) is 12.5 Å². The quantitative estimate of drug-likeness (QED) is 0.664. The molecule has 0 aliphatic heterocycles. The summed E-state index contributed by atoms with van der Waals surface area (Å²) in [6, 6.07) is 0. The zero-order chi connectivity index (χ0) is 9.80. The maximum absolute atomic E-state index is 5.67. The summed E-state index contributed by atoms with van der Waals surface area (Å²) in [5.41, 5.74) is 7.31. The van der Waals surface area contributed by atoms with Gasteiger partial charge in [-0.1, -0.05) is 36.0 Å². The number of nitrogens with two attached hydrogens (primary N) is 1. The van der Waals surface area contributed by atoms with Crippen LogP contribution in [0.15, 0.2) is 36.0 Å². The topological polar surface area (TPSA) is 26.0 Å². The van der Waals surface area contributed by atoms with Gasteiger partial charge in [0, 0.05) is 5.92 Å². The highest BCUT2D eigenvalue weighted by atomic mass is 14.5. The first-order chi connectivity index (χ1) is 6.90. The Balaban J connectivity index is 1.96. The van der Waals surface area contributed by atoms with Crippen LogP contribution in [0.4, 0.5) is 0 Å². The molecule has 2 rings (SSSR count). The van der Waals surface area contributed by atoms with Crippen molar-refractivity contribution in [1.82, 2.24) is 0 Å². The molecule has 0 bridgehead atoms. The molecule has 0 saturated heterocycles. The summed E-state index contributed by atoms with van der Waals surface area (Å²) in [6.45, 7) is 0.851. The first-order valence-electron chi connectivity index (χ1n) is 5.62. The molecule has 0 aromatic heterocycles. The summed E-state index contributed by atoms with van der Waals surface area (Å²) >= 11 is 0. The van der Waals surface area contributed by atoms with Crippen molar-refractivity contribution in [2.45, 2.75) is 25.7 Å². The lowest BCUT2D eigenvalue weighted by molar-refractivity contribution is 0.464. The maximum atomic E-state index is 5.67. The van der Waals surface area contributed by atoms with Crippen LogP contribution < -0.4 is 5.73 Å². The Labute approximate surface area is 86.4 Å². The Hall–Kier alpha value is -0.820. The smallest absolute Gasteiger partial charge is 0.00145 e. The van der Waals surface area contributed by atoms with Crippen molar-refractivity contribution in [1.29, 1.82) is 0 Å². The predicted molar refractivity (Wildman–Crippen MR) is 60.9 cm³/mol. The van der Waals surface area contributed by atoms with E-state index < -0.39 is 0 Å². The third-order valence-corrected chi connectivity index (χ3v) is 3.34. The summed E-state index contributed by atoms with van der Waals surface area (Å²) in [5, 5.41) is 0. The van der Waals surface area contributed by atoms with Crippen LogP contribution >= 0.6 is 0 Å². The summed E-state index contributed by atoms with van der Waals surface area (Å²) in [6.07, 6.45) is 16.3. The molecular weight excluding hydrogens is 170 g/mol. The number of rotatable bonds is 2. The van der Waals surface area contributed by atoms with Gasteiger partial charge in [-0.2, -0.15) is 0 Å². The second-order valence-corrected chi connectivity index (χ2v) is 4.31. The minimum absolute atomic E-state index is 0.679. The number of hydrogen-bond acceptors (Lipinski definition) is 1. The van der Waals surface area contributed by atoms with E-state index >= 15 is 0 Å². The van der Waals surface area contributed by atoms with Gasteiger partial charge in [-0.3, -0.25) is 0 Å². The van der Waals surface area contributed by atoms with Crippen molar-refractivity contribution >= 4 is 0 Å². The highest BCUT2D eigenvalue weighted by Crippen LogP contribution is 2.31. The van der Waals surface area contributed by atoms with Crippen LogP contribution in [-0.2, 0) is 0 Å². The van der Waals surface area contributed by atoms with Crippen molar-refractivity contribution in [3.63, 3.8) is 0 Å². The molecule has 2 unspecified atom stereocenters. The fourth-order valence-corrected chi connectivity index (χ4v) is 2.32. The third kappa shape index (κ3) is 2.16. The van der Waals surface area contributed by atoms with Gasteiger partial charge in [-0.25, -0.2) is 0 Å². The molecule has 0 aromatic carbocycles. The fraction of sp³-hybridized carbons (Fsp3) is 0.538. The molecule has 2 atom stereocenters. The molecule has 0 amide bonds. The Morgan fingerprint density at radius 3 is 2.79 bits per heavy atom. The molecule has 0 spiro atoms. The molecule has 0 fully saturated rings. The van der Waals surface area contributed by atoms with Gasteiger partial charge in [0.15, 0.2) is 0 Å². The van der Waals surface area contributed by atoms with Gasteiger partial charge >= 0.3 is 0 Å². The van der Waals surface area contributed by atoms with Crippen LogP contribution in [0.3, 0.4) is 0 Å². The monoisotopic (exact) mass is 189 g/mol. The SMILES string of the molecule is NCC1CC=C(C2C=CC=CC2)CC1. The van der Waals surface area contributed by atoms with Crippen molar-refractivity contribution < 1.29 is 0 Å². The van der Waals surface area contributed by atoms with E-state index in [4.69, 9.17) is 5.73 Å². The Kier molecular flexibility index (Phi) is 3.20. The Morgan fingerprint density at radius 2 is 2.21 bits per heavy atom. The maximum Gasteiger partial charge on any atom is 0.00145 e. The van der Waals surface area contributed by atoms with Crippen LogP contribution in [0.25, 0.3) is 0 Å². The molecular formula is C13H19N. The van der Waals surface area contributed by atoms with E-state index in [9.17, 15) is 0 Å². The van der Waals surface area contributed by atoms with E-state index in [2.05, 4.69) is 30.4 Å². The van der Waals surface area contributed by atoms with E-state index in [-0.39, 0.29) is 0 Å². The summed E-state index contributed by atoms with van der Waals surface area (Å²) < 4.78 is 0. The summed E-state index contributed by atoms with van der Waals surface area (Å²) in [4.78, 5) is 0. The highest BCUT2D eigenvalue weighted by Gasteiger charge is 2.17. The lowest BCUT2D eigenvalue weighted by Crippen LogP contribution is -2.18. The first-order valence-corrected chi connectivity index (χ1v) is 5.62. The second-order valence-electron chi connectivity index (χ2n) is 4.31. The van der Waals surface area contributed by atoms with Gasteiger partial charge in [0.2, 0.25) is 0 Å². The Morgan fingerprint density at radius 1 is 1.29 bits per heavy atom. The van der Waals surface area contributed by atoms with Crippen molar-refractivity contribution in [2.75, 3.05) is 6.54 Å². The average Bonchev–Trinajstić information content (AvgIpc) is 2.30. The lowest BCUT2D eigenvalue weighted by atomic mass is 9.81. The molecule has 0 heterocycles. The van der Waals surface area contributed by atoms with Gasteiger partial charge in [0.25, 0.3) is 0 Å². The number of hydrogen-bond donors (Lipinski definition) is 1. The zero-order valence-corrected chi connectivity index (χ0v) is 8.65. The van der Waals surface area contributed by atoms with E-state index in [1.165, 1.54) is 25.7 Å². The van der Waals surface area contributed by atoms with Crippen molar-refractivity contribution in [3.05, 3.63) is 36.0 Å². The molecule has 76 valence electrons. The number of allylic oxidation sites excluding steroid dienone is 6. The molecule has 1 heteroatoms. The average molecular weight is 189 g/mol. The second kappa shape index (κ2) is 4.61. The zero-order valence-electron chi connectivity index (χ0n) is 8.65. The minimum atomic E-state index is 0.679. The van der Waals surface area contributed by atoms with E-state index in [0.29, 0.717) is 5.92 Å². The summed E-state index contributed by atoms with van der Waals surface area (Å²) in [7, 11) is 0. The largest absolute Gasteiger partial charge is 0.330 e. The van der Waals surface area contributed by atoms with Crippen LogP contribution in [0.1, 0.15) is 25.7 Å². The van der Waals surface area contributed by atoms with Crippen LogP contribution in [-0.4, -0.2) is 6.54 Å². The summed E-state index contributed by atoms with van der Waals surface area (Å²) in [5.74, 6) is 1.42. The molecule has 0 aromatic rings. The van der Waals surface area contributed by atoms with Gasteiger partial charge in [0.1, 0.15) is 0 Å². The first kappa shape index (κ1) is 9.72. The van der Waals surface area contributed by atoms with Crippen molar-refractivity contribution in [2.24, 2.45) is 17.6 Å². The molecule has 2 aliphatic rings. The normalized spacial score (nSPS) is 31.6. The van der Waals surface area contributed by atoms with Crippen LogP contribution in [0.5, 0.6) is 0 Å².